The Morgan fingerprint density at radius 1 is 1.11 bits per heavy atom. The van der Waals surface area contributed by atoms with Crippen molar-refractivity contribution in [2.24, 2.45) is 0 Å². The van der Waals surface area contributed by atoms with Crippen molar-refractivity contribution in [3.05, 3.63) is 71.3 Å². The molecule has 140 valence electrons. The fourth-order valence-electron chi connectivity index (χ4n) is 3.81. The number of aryl methyl sites for hydroxylation is 1. The second-order valence-electron chi connectivity index (χ2n) is 7.15. The highest BCUT2D eigenvalue weighted by atomic mass is 16.2. The summed E-state index contributed by atoms with van der Waals surface area (Å²) in [6.07, 6.45) is 6.79. The van der Waals surface area contributed by atoms with Crippen molar-refractivity contribution in [2.45, 2.75) is 19.8 Å². The van der Waals surface area contributed by atoms with Gasteiger partial charge in [0.25, 0.3) is 5.91 Å². The topological polar surface area (TPSA) is 79.2 Å². The zero-order chi connectivity index (χ0) is 19.1. The molecule has 4 heterocycles. The van der Waals surface area contributed by atoms with Crippen LogP contribution in [0.25, 0.3) is 16.9 Å². The van der Waals surface area contributed by atoms with Crippen LogP contribution in [0.2, 0.25) is 0 Å². The van der Waals surface area contributed by atoms with Gasteiger partial charge in [-0.3, -0.25) is 9.89 Å². The number of aromatic nitrogens is 5. The average Bonchev–Trinajstić information content (AvgIpc) is 3.26. The van der Waals surface area contributed by atoms with E-state index in [1.807, 2.05) is 36.2 Å². The summed E-state index contributed by atoms with van der Waals surface area (Å²) >= 11 is 0. The van der Waals surface area contributed by atoms with Crippen LogP contribution in [-0.2, 0) is 12.8 Å². The average molecular weight is 372 g/mol. The minimum Gasteiger partial charge on any atom is -0.338 e. The summed E-state index contributed by atoms with van der Waals surface area (Å²) in [5.74, 6) is -0.0225. The Morgan fingerprint density at radius 3 is 2.79 bits per heavy atom. The second-order valence-corrected chi connectivity index (χ2v) is 7.15. The molecule has 4 aromatic rings. The number of benzene rings is 1. The molecule has 7 heteroatoms. The zero-order valence-corrected chi connectivity index (χ0v) is 15.6. The molecule has 28 heavy (non-hydrogen) atoms. The first-order valence-corrected chi connectivity index (χ1v) is 9.41. The van der Waals surface area contributed by atoms with E-state index in [-0.39, 0.29) is 5.91 Å². The summed E-state index contributed by atoms with van der Waals surface area (Å²) in [6, 6.07) is 10.2. The minimum absolute atomic E-state index is 0.0225. The van der Waals surface area contributed by atoms with Gasteiger partial charge in [0.1, 0.15) is 5.56 Å². The summed E-state index contributed by atoms with van der Waals surface area (Å²) in [6.45, 7) is 3.25. The first-order chi connectivity index (χ1) is 13.7. The third-order valence-electron chi connectivity index (χ3n) is 5.27. The number of carbonyl (C=O) groups excluding carboxylic acids is 1. The molecule has 0 bridgehead atoms. The van der Waals surface area contributed by atoms with E-state index in [4.69, 9.17) is 0 Å². The van der Waals surface area contributed by atoms with Crippen molar-refractivity contribution in [2.75, 3.05) is 13.1 Å². The summed E-state index contributed by atoms with van der Waals surface area (Å²) < 4.78 is 1.67. The van der Waals surface area contributed by atoms with Gasteiger partial charge in [-0.2, -0.15) is 10.2 Å². The van der Waals surface area contributed by atoms with Crippen LogP contribution in [-0.4, -0.2) is 48.7 Å². The molecule has 1 aromatic carbocycles. The van der Waals surface area contributed by atoms with Gasteiger partial charge in [0.05, 0.1) is 11.9 Å². The Labute approximate surface area is 162 Å². The minimum atomic E-state index is -0.0225. The molecular formula is C21H20N6O. The van der Waals surface area contributed by atoms with Crippen LogP contribution in [0.5, 0.6) is 0 Å². The van der Waals surface area contributed by atoms with Gasteiger partial charge in [0.2, 0.25) is 0 Å². The molecule has 5 rings (SSSR count). The van der Waals surface area contributed by atoms with Gasteiger partial charge in [0, 0.05) is 48.7 Å². The maximum absolute atomic E-state index is 13.1. The van der Waals surface area contributed by atoms with Crippen LogP contribution >= 0.6 is 0 Å². The van der Waals surface area contributed by atoms with Crippen molar-refractivity contribution in [1.29, 1.82) is 0 Å². The van der Waals surface area contributed by atoms with Gasteiger partial charge in [-0.15, -0.1) is 0 Å². The molecule has 0 unspecified atom stereocenters. The van der Waals surface area contributed by atoms with Crippen LogP contribution in [0.15, 0.2) is 48.9 Å². The number of H-pyrrole nitrogens is 1. The highest BCUT2D eigenvalue weighted by Crippen LogP contribution is 2.27. The molecule has 1 N–H and O–H groups in total. The molecule has 0 fully saturated rings. The van der Waals surface area contributed by atoms with E-state index in [1.54, 1.807) is 16.9 Å². The number of nitrogens with zero attached hydrogens (tertiary/aromatic N) is 5. The SMILES string of the molecule is Cc1cnc2c(C(=O)N3CCc4[nH]nc(-c5ccccc5)c4CC3)cnn2c1. The maximum Gasteiger partial charge on any atom is 0.259 e. The molecule has 0 aliphatic carbocycles. The quantitative estimate of drug-likeness (QED) is 0.587. The van der Waals surface area contributed by atoms with Gasteiger partial charge < -0.3 is 4.90 Å². The van der Waals surface area contributed by atoms with Gasteiger partial charge in [-0.25, -0.2) is 9.50 Å². The molecule has 1 aliphatic heterocycles. The monoisotopic (exact) mass is 372 g/mol. The Hall–Kier alpha value is -3.48. The number of rotatable bonds is 2. The first-order valence-electron chi connectivity index (χ1n) is 9.41. The van der Waals surface area contributed by atoms with Gasteiger partial charge >= 0.3 is 0 Å². The van der Waals surface area contributed by atoms with E-state index in [1.165, 1.54) is 5.56 Å². The van der Waals surface area contributed by atoms with Crippen LogP contribution < -0.4 is 0 Å². The third kappa shape index (κ3) is 2.76. The highest BCUT2D eigenvalue weighted by molar-refractivity contribution is 5.99. The number of hydrogen-bond donors (Lipinski definition) is 1. The standard InChI is InChI=1S/C21H20N6O/c1-14-11-22-20-17(12-23-27(20)13-14)21(28)26-9-7-16-18(8-10-26)24-25-19(16)15-5-3-2-4-6-15/h2-6,11-13H,7-10H2,1H3,(H,24,25). The van der Waals surface area contributed by atoms with Crippen LogP contribution in [0.3, 0.4) is 0 Å². The van der Waals surface area contributed by atoms with E-state index in [0.717, 1.165) is 35.4 Å². The summed E-state index contributed by atoms with van der Waals surface area (Å²) in [5, 5.41) is 12.0. The van der Waals surface area contributed by atoms with Crippen LogP contribution in [0.1, 0.15) is 27.2 Å². The smallest absolute Gasteiger partial charge is 0.259 e. The number of nitrogens with one attached hydrogen (secondary N) is 1. The first kappa shape index (κ1) is 16.7. The number of fused-ring (bicyclic) bond motifs is 2. The van der Waals surface area contributed by atoms with E-state index in [2.05, 4.69) is 32.4 Å². The van der Waals surface area contributed by atoms with Crippen molar-refractivity contribution < 1.29 is 4.79 Å². The summed E-state index contributed by atoms with van der Waals surface area (Å²) in [4.78, 5) is 19.4. The van der Waals surface area contributed by atoms with Gasteiger partial charge in [0.15, 0.2) is 5.65 Å². The lowest BCUT2D eigenvalue weighted by atomic mass is 10.0. The molecule has 0 atom stereocenters. The molecule has 0 spiro atoms. The fraction of sp³-hybridized carbons (Fsp3) is 0.238. The Balaban J connectivity index is 1.41. The van der Waals surface area contributed by atoms with Crippen molar-refractivity contribution >= 4 is 11.6 Å². The Kier molecular flexibility index (Phi) is 3.93. The van der Waals surface area contributed by atoms with E-state index in [9.17, 15) is 4.79 Å². The fourth-order valence-corrected chi connectivity index (χ4v) is 3.81. The Morgan fingerprint density at radius 2 is 1.93 bits per heavy atom. The van der Waals surface area contributed by atoms with E-state index in [0.29, 0.717) is 24.3 Å². The molecule has 0 saturated carbocycles. The Bertz CT molecular complexity index is 1160. The molecule has 0 saturated heterocycles. The van der Waals surface area contributed by atoms with Crippen molar-refractivity contribution in [1.82, 2.24) is 29.7 Å². The van der Waals surface area contributed by atoms with Gasteiger partial charge in [-0.1, -0.05) is 30.3 Å². The summed E-state index contributed by atoms with van der Waals surface area (Å²) in [5.41, 5.74) is 6.55. The van der Waals surface area contributed by atoms with E-state index >= 15 is 0 Å². The molecule has 1 aliphatic rings. The zero-order valence-electron chi connectivity index (χ0n) is 15.6. The molecule has 7 nitrogen and oxygen atoms in total. The predicted molar refractivity (Wildman–Crippen MR) is 105 cm³/mol. The normalized spacial score (nSPS) is 14.1. The number of aromatic amines is 1. The summed E-state index contributed by atoms with van der Waals surface area (Å²) in [7, 11) is 0. The van der Waals surface area contributed by atoms with Crippen LogP contribution in [0, 0.1) is 6.92 Å². The van der Waals surface area contributed by atoms with E-state index < -0.39 is 0 Å². The van der Waals surface area contributed by atoms with Crippen molar-refractivity contribution in [3.8, 4) is 11.3 Å². The maximum atomic E-state index is 13.1. The largest absolute Gasteiger partial charge is 0.338 e. The molecule has 3 aromatic heterocycles. The molecule has 0 radical (unpaired) electrons. The van der Waals surface area contributed by atoms with Gasteiger partial charge in [-0.05, 0) is 18.9 Å². The van der Waals surface area contributed by atoms with Crippen LogP contribution in [0.4, 0.5) is 0 Å². The molecular weight excluding hydrogens is 352 g/mol. The lowest BCUT2D eigenvalue weighted by Crippen LogP contribution is -2.33. The number of amides is 1. The third-order valence-corrected chi connectivity index (χ3v) is 5.27. The highest BCUT2D eigenvalue weighted by Gasteiger charge is 2.25. The van der Waals surface area contributed by atoms with Crippen molar-refractivity contribution in [3.63, 3.8) is 0 Å². The lowest BCUT2D eigenvalue weighted by Gasteiger charge is -2.19. The molecule has 1 amide bonds. The number of carbonyl (C=O) groups is 1. The lowest BCUT2D eigenvalue weighted by molar-refractivity contribution is 0.0764. The number of hydrogen-bond acceptors (Lipinski definition) is 4. The predicted octanol–water partition coefficient (Wildman–Crippen LogP) is 2.67. The second kappa shape index (κ2) is 6.60.